The number of nitrogens with zero attached hydrogens (tertiary/aromatic N) is 6. The second-order valence-electron chi connectivity index (χ2n) is 8.55. The molecule has 2 bridgehead atoms. The number of aromatic nitrogens is 5. The van der Waals surface area contributed by atoms with Crippen LogP contribution in [0.5, 0.6) is 0 Å². The van der Waals surface area contributed by atoms with E-state index in [1.54, 1.807) is 34.7 Å². The van der Waals surface area contributed by atoms with Gasteiger partial charge in [-0.15, -0.1) is 0 Å². The average Bonchev–Trinajstić information content (AvgIpc) is 3.37. The van der Waals surface area contributed by atoms with Crippen molar-refractivity contribution in [3.8, 4) is 11.3 Å². The van der Waals surface area contributed by atoms with Crippen LogP contribution in [-0.4, -0.2) is 41.2 Å². The normalized spacial score (nSPS) is 19.7. The zero-order valence-electron chi connectivity index (χ0n) is 17.7. The molecule has 3 aromatic heterocycles. The lowest BCUT2D eigenvalue weighted by molar-refractivity contribution is 0.0393. The van der Waals surface area contributed by atoms with Crippen molar-refractivity contribution in [2.75, 3.05) is 0 Å². The first kappa shape index (κ1) is 20.0. The molecule has 7 nitrogen and oxygen atoms in total. The maximum absolute atomic E-state index is 14.0. The third-order valence-electron chi connectivity index (χ3n) is 6.68. The molecule has 0 radical (unpaired) electrons. The topological polar surface area (TPSA) is 68.3 Å². The number of rotatable bonds is 2. The van der Waals surface area contributed by atoms with Crippen LogP contribution in [0.25, 0.3) is 16.9 Å². The van der Waals surface area contributed by atoms with Crippen LogP contribution >= 0.6 is 0 Å². The molecule has 10 heteroatoms. The summed E-state index contributed by atoms with van der Waals surface area (Å²) in [5.41, 5.74) is 3.25. The molecule has 6 rings (SSSR count). The summed E-state index contributed by atoms with van der Waals surface area (Å²) in [4.78, 5) is 19.8. The van der Waals surface area contributed by atoms with Crippen molar-refractivity contribution in [2.24, 2.45) is 7.05 Å². The Balaban J connectivity index is 1.45. The maximum Gasteiger partial charge on any atom is 0.260 e. The molecule has 0 unspecified atom stereocenters. The van der Waals surface area contributed by atoms with Crippen LogP contribution in [0, 0.1) is 17.5 Å². The fraction of sp³-hybridized carbons (Fsp3) is 0.304. The Kier molecular flexibility index (Phi) is 4.33. The van der Waals surface area contributed by atoms with E-state index in [0.29, 0.717) is 29.0 Å². The van der Waals surface area contributed by atoms with E-state index in [4.69, 9.17) is 0 Å². The van der Waals surface area contributed by atoms with Gasteiger partial charge in [-0.3, -0.25) is 9.48 Å². The van der Waals surface area contributed by atoms with Gasteiger partial charge < -0.3 is 4.90 Å². The van der Waals surface area contributed by atoms with Gasteiger partial charge in [-0.1, -0.05) is 0 Å². The summed E-state index contributed by atoms with van der Waals surface area (Å²) >= 11 is 0. The summed E-state index contributed by atoms with van der Waals surface area (Å²) in [5.74, 6) is -4.14. The van der Waals surface area contributed by atoms with Crippen LogP contribution in [0.15, 0.2) is 36.8 Å². The number of benzene rings is 1. The lowest BCUT2D eigenvalue weighted by Gasteiger charge is -2.45. The number of fused-ring (bicyclic) bond motifs is 5. The van der Waals surface area contributed by atoms with Crippen molar-refractivity contribution in [2.45, 2.75) is 37.8 Å². The summed E-state index contributed by atoms with van der Waals surface area (Å²) < 4.78 is 44.6. The highest BCUT2D eigenvalue weighted by molar-refractivity contribution is 6.00. The minimum Gasteiger partial charge on any atom is -0.326 e. The Labute approximate surface area is 186 Å². The third-order valence-corrected chi connectivity index (χ3v) is 6.68. The number of hydrogen-bond acceptors (Lipinski definition) is 4. The van der Waals surface area contributed by atoms with E-state index in [2.05, 4.69) is 15.2 Å². The van der Waals surface area contributed by atoms with E-state index >= 15 is 0 Å². The highest BCUT2D eigenvalue weighted by atomic mass is 19.2. The Hall–Kier alpha value is -3.69. The quantitative estimate of drug-likeness (QED) is 0.434. The van der Waals surface area contributed by atoms with Gasteiger partial charge in [-0.05, 0) is 43.9 Å². The monoisotopic (exact) mass is 452 g/mol. The molecule has 2 aliphatic heterocycles. The first-order chi connectivity index (χ1) is 15.9. The number of carbonyl (C=O) groups excluding carboxylic acids is 1. The molecule has 2 aliphatic rings. The molecule has 1 aromatic carbocycles. The summed E-state index contributed by atoms with van der Waals surface area (Å²) in [6, 6.07) is 3.36. The largest absolute Gasteiger partial charge is 0.326 e. The second-order valence-corrected chi connectivity index (χ2v) is 8.55. The van der Waals surface area contributed by atoms with Gasteiger partial charge in [0.15, 0.2) is 23.1 Å². The van der Waals surface area contributed by atoms with E-state index < -0.39 is 17.5 Å². The molecule has 2 atom stereocenters. The molecule has 0 saturated carbocycles. The van der Waals surface area contributed by atoms with Gasteiger partial charge in [0.25, 0.3) is 5.91 Å². The van der Waals surface area contributed by atoms with E-state index in [-0.39, 0.29) is 23.6 Å². The SMILES string of the molecule is Cn1nc2c(c1-c1cc(F)c(F)c(F)c1)C[C@@H]1CCC[C@H]2N1C(=O)c1cnn2cccnc12. The number of carbonyl (C=O) groups is 1. The molecule has 4 aromatic rings. The van der Waals surface area contributed by atoms with Gasteiger partial charge in [-0.25, -0.2) is 22.7 Å². The molecule has 1 amide bonds. The molecule has 168 valence electrons. The van der Waals surface area contributed by atoms with Crippen LogP contribution in [0.4, 0.5) is 13.2 Å². The third kappa shape index (κ3) is 2.89. The number of amides is 1. The summed E-state index contributed by atoms with van der Waals surface area (Å²) in [5, 5.41) is 8.89. The molecule has 1 fully saturated rings. The van der Waals surface area contributed by atoms with Crippen molar-refractivity contribution in [1.29, 1.82) is 0 Å². The fourth-order valence-electron chi connectivity index (χ4n) is 5.32. The van der Waals surface area contributed by atoms with Crippen molar-refractivity contribution < 1.29 is 18.0 Å². The summed E-state index contributed by atoms with van der Waals surface area (Å²) in [6.07, 6.45) is 7.85. The highest BCUT2D eigenvalue weighted by Crippen LogP contribution is 2.45. The van der Waals surface area contributed by atoms with Gasteiger partial charge in [0, 0.05) is 36.6 Å². The van der Waals surface area contributed by atoms with Gasteiger partial charge in [-0.2, -0.15) is 10.2 Å². The molecule has 1 saturated heterocycles. The molecule has 0 spiro atoms. The fourth-order valence-corrected chi connectivity index (χ4v) is 5.32. The lowest BCUT2D eigenvalue weighted by Crippen LogP contribution is -2.49. The molecular weight excluding hydrogens is 433 g/mol. The molecular formula is C23H19F3N6O. The van der Waals surface area contributed by atoms with Gasteiger partial charge in [0.1, 0.15) is 5.56 Å². The predicted octanol–water partition coefficient (Wildman–Crippen LogP) is 3.84. The van der Waals surface area contributed by atoms with Gasteiger partial charge in [0.05, 0.1) is 23.6 Å². The zero-order valence-corrected chi connectivity index (χ0v) is 17.7. The first-order valence-electron chi connectivity index (χ1n) is 10.8. The highest BCUT2D eigenvalue weighted by Gasteiger charge is 2.44. The summed E-state index contributed by atoms with van der Waals surface area (Å²) in [7, 11) is 1.69. The summed E-state index contributed by atoms with van der Waals surface area (Å²) in [6.45, 7) is 0. The molecule has 5 heterocycles. The minimum atomic E-state index is -1.49. The predicted molar refractivity (Wildman–Crippen MR) is 112 cm³/mol. The van der Waals surface area contributed by atoms with Gasteiger partial charge in [0.2, 0.25) is 0 Å². The van der Waals surface area contributed by atoms with Gasteiger partial charge >= 0.3 is 0 Å². The molecule has 0 N–H and O–H groups in total. The second kappa shape index (κ2) is 7.16. The van der Waals surface area contributed by atoms with E-state index in [9.17, 15) is 18.0 Å². The number of halogens is 3. The standard InChI is InChI=1S/C23H19F3N6O/c1-30-21(12-8-16(24)19(26)17(25)9-12)14-10-13-4-2-5-18(20(14)29-30)32(13)23(33)15-11-28-31-7-3-6-27-22(15)31/h3,6-9,11,13,18H,2,4-5,10H2,1H3/t13-,18+/m0/s1. The van der Waals surface area contributed by atoms with Crippen LogP contribution < -0.4 is 0 Å². The molecule has 33 heavy (non-hydrogen) atoms. The maximum atomic E-state index is 14.0. The van der Waals surface area contributed by atoms with Crippen LogP contribution in [0.1, 0.15) is 46.9 Å². The Morgan fingerprint density at radius 1 is 1.15 bits per heavy atom. The Morgan fingerprint density at radius 3 is 2.73 bits per heavy atom. The average molecular weight is 452 g/mol. The lowest BCUT2D eigenvalue weighted by atomic mass is 9.81. The van der Waals surface area contributed by atoms with Crippen molar-refractivity contribution in [3.63, 3.8) is 0 Å². The van der Waals surface area contributed by atoms with Crippen molar-refractivity contribution in [1.82, 2.24) is 29.3 Å². The number of hydrogen-bond donors (Lipinski definition) is 0. The first-order valence-corrected chi connectivity index (χ1v) is 10.8. The Bertz CT molecular complexity index is 1400. The number of piperidine rings is 1. The zero-order chi connectivity index (χ0) is 22.9. The van der Waals surface area contributed by atoms with E-state index in [1.807, 2.05) is 4.90 Å². The number of aryl methyl sites for hydroxylation is 1. The molecule has 0 aliphatic carbocycles. The van der Waals surface area contributed by atoms with Crippen LogP contribution in [0.3, 0.4) is 0 Å². The van der Waals surface area contributed by atoms with Crippen LogP contribution in [-0.2, 0) is 13.5 Å². The van der Waals surface area contributed by atoms with E-state index in [0.717, 1.165) is 37.0 Å². The van der Waals surface area contributed by atoms with E-state index in [1.165, 1.54) is 6.20 Å². The Morgan fingerprint density at radius 2 is 1.94 bits per heavy atom. The van der Waals surface area contributed by atoms with Crippen molar-refractivity contribution >= 4 is 11.6 Å². The van der Waals surface area contributed by atoms with Crippen LogP contribution in [0.2, 0.25) is 0 Å². The minimum absolute atomic E-state index is 0.0968. The van der Waals surface area contributed by atoms with Crippen molar-refractivity contribution in [3.05, 3.63) is 71.1 Å². The smallest absolute Gasteiger partial charge is 0.260 e.